The van der Waals surface area contributed by atoms with Crippen molar-refractivity contribution in [3.05, 3.63) is 99.6 Å². The predicted octanol–water partition coefficient (Wildman–Crippen LogP) is 4.12. The van der Waals surface area contributed by atoms with E-state index in [0.29, 0.717) is 22.6 Å². The van der Waals surface area contributed by atoms with Crippen molar-refractivity contribution in [2.24, 2.45) is 4.99 Å². The van der Waals surface area contributed by atoms with Gasteiger partial charge in [-0.2, -0.15) is 0 Å². The van der Waals surface area contributed by atoms with Crippen molar-refractivity contribution in [2.75, 3.05) is 31.5 Å². The lowest BCUT2D eigenvalue weighted by Gasteiger charge is -2.34. The number of nitrogens with zero attached hydrogens (tertiary/aromatic N) is 4. The van der Waals surface area contributed by atoms with Crippen LogP contribution in [0.5, 0.6) is 0 Å². The third-order valence-corrected chi connectivity index (χ3v) is 6.83. The first kappa shape index (κ1) is 24.3. The number of nitro groups is 1. The highest BCUT2D eigenvalue weighted by Crippen LogP contribution is 2.38. The molecule has 188 valence electrons. The number of nitro benzene ring substituents is 1. The van der Waals surface area contributed by atoms with Crippen molar-refractivity contribution < 1.29 is 14.5 Å². The number of nitrogens with one attached hydrogen (secondary N) is 1. The molecule has 5 rings (SSSR count). The Hall–Kier alpha value is -4.37. The number of rotatable bonds is 6. The Kier molecular flexibility index (Phi) is 6.78. The smallest absolute Gasteiger partial charge is 0.269 e. The second-order valence-electron chi connectivity index (χ2n) is 9.26. The Morgan fingerprint density at radius 1 is 1.03 bits per heavy atom. The number of hydrogen-bond donors (Lipinski definition) is 1. The maximum Gasteiger partial charge on any atom is 0.269 e. The van der Waals surface area contributed by atoms with Crippen LogP contribution < -0.4 is 5.32 Å². The Bertz CT molecular complexity index is 1360. The van der Waals surface area contributed by atoms with E-state index in [1.165, 1.54) is 12.1 Å². The van der Waals surface area contributed by atoms with E-state index in [-0.39, 0.29) is 17.5 Å². The fourth-order valence-corrected chi connectivity index (χ4v) is 4.83. The summed E-state index contributed by atoms with van der Waals surface area (Å²) in [5.74, 6) is -0.918. The van der Waals surface area contributed by atoms with Crippen LogP contribution in [0.25, 0.3) is 0 Å². The Morgan fingerprint density at radius 2 is 1.73 bits per heavy atom. The van der Waals surface area contributed by atoms with E-state index in [2.05, 4.69) is 10.2 Å². The second kappa shape index (κ2) is 10.3. The quantitative estimate of drug-likeness (QED) is 0.313. The lowest BCUT2D eigenvalue weighted by Crippen LogP contribution is -2.47. The summed E-state index contributed by atoms with van der Waals surface area (Å²) in [6.07, 6.45) is 0. The number of carbonyl (C=O) groups excluding carboxylic acids is 2. The van der Waals surface area contributed by atoms with Gasteiger partial charge in [0.05, 0.1) is 16.3 Å². The molecule has 1 atom stereocenters. The number of anilines is 1. The standard InChI is InChI=1S/C28H27N5O4/c1-19(34)32-15-13-31(14-16-32)18-20-7-9-22(10-8-20)29-27(21-5-3-2-4-6-21)26-24-17-23(33(36)37)11-12-25(24)30-28(26)35/h2-12,17,26H,13-16,18H2,1H3,(H,30,35). The van der Waals surface area contributed by atoms with Crippen LogP contribution in [0.3, 0.4) is 0 Å². The summed E-state index contributed by atoms with van der Waals surface area (Å²) in [5.41, 5.74) is 4.17. The van der Waals surface area contributed by atoms with E-state index < -0.39 is 10.8 Å². The first-order valence-corrected chi connectivity index (χ1v) is 12.2. The van der Waals surface area contributed by atoms with Crippen molar-refractivity contribution in [3.63, 3.8) is 0 Å². The summed E-state index contributed by atoms with van der Waals surface area (Å²) in [6, 6.07) is 21.7. The summed E-state index contributed by atoms with van der Waals surface area (Å²) < 4.78 is 0. The zero-order valence-electron chi connectivity index (χ0n) is 20.5. The molecular weight excluding hydrogens is 470 g/mol. The van der Waals surface area contributed by atoms with Crippen LogP contribution in [0.2, 0.25) is 0 Å². The van der Waals surface area contributed by atoms with Gasteiger partial charge in [0, 0.05) is 63.0 Å². The predicted molar refractivity (Wildman–Crippen MR) is 141 cm³/mol. The van der Waals surface area contributed by atoms with Gasteiger partial charge in [0.1, 0.15) is 5.92 Å². The number of amides is 2. The largest absolute Gasteiger partial charge is 0.340 e. The molecule has 0 aliphatic carbocycles. The number of benzene rings is 3. The molecule has 0 saturated carbocycles. The first-order chi connectivity index (χ1) is 17.9. The molecule has 2 heterocycles. The van der Waals surface area contributed by atoms with Crippen LogP contribution in [0.4, 0.5) is 17.1 Å². The van der Waals surface area contributed by atoms with Gasteiger partial charge in [-0.25, -0.2) is 0 Å². The lowest BCUT2D eigenvalue weighted by atomic mass is 9.90. The van der Waals surface area contributed by atoms with Crippen molar-refractivity contribution >= 4 is 34.6 Å². The molecule has 3 aromatic rings. The minimum atomic E-state index is -0.769. The lowest BCUT2D eigenvalue weighted by molar-refractivity contribution is -0.384. The number of fused-ring (bicyclic) bond motifs is 1. The molecule has 2 amide bonds. The van der Waals surface area contributed by atoms with E-state index >= 15 is 0 Å². The van der Waals surface area contributed by atoms with E-state index in [1.54, 1.807) is 13.0 Å². The molecular formula is C28H27N5O4. The van der Waals surface area contributed by atoms with Crippen molar-refractivity contribution in [1.29, 1.82) is 0 Å². The van der Waals surface area contributed by atoms with Gasteiger partial charge in [0.15, 0.2) is 0 Å². The normalized spacial score (nSPS) is 17.9. The minimum Gasteiger partial charge on any atom is -0.340 e. The maximum absolute atomic E-state index is 13.1. The van der Waals surface area contributed by atoms with Gasteiger partial charge < -0.3 is 10.2 Å². The van der Waals surface area contributed by atoms with E-state index in [0.717, 1.165) is 43.9 Å². The first-order valence-electron chi connectivity index (χ1n) is 12.2. The molecule has 2 aliphatic heterocycles. The molecule has 1 unspecified atom stereocenters. The topological polar surface area (TPSA) is 108 Å². The van der Waals surface area contributed by atoms with E-state index in [1.807, 2.05) is 59.5 Å². The van der Waals surface area contributed by atoms with Crippen LogP contribution in [-0.4, -0.2) is 58.4 Å². The van der Waals surface area contributed by atoms with Gasteiger partial charge in [-0.15, -0.1) is 0 Å². The Balaban J connectivity index is 1.42. The van der Waals surface area contributed by atoms with Gasteiger partial charge >= 0.3 is 0 Å². The van der Waals surface area contributed by atoms with E-state index in [9.17, 15) is 19.7 Å². The molecule has 0 spiro atoms. The fraction of sp³-hybridized carbons (Fsp3) is 0.250. The molecule has 2 aliphatic rings. The Labute approximate surface area is 214 Å². The highest BCUT2D eigenvalue weighted by molar-refractivity contribution is 6.24. The van der Waals surface area contributed by atoms with Gasteiger partial charge in [0.2, 0.25) is 11.8 Å². The molecule has 9 nitrogen and oxygen atoms in total. The summed E-state index contributed by atoms with van der Waals surface area (Å²) in [6.45, 7) is 5.53. The summed E-state index contributed by atoms with van der Waals surface area (Å²) in [4.78, 5) is 44.6. The van der Waals surface area contributed by atoms with Crippen molar-refractivity contribution in [2.45, 2.75) is 19.4 Å². The molecule has 1 N–H and O–H groups in total. The number of hydrogen-bond acceptors (Lipinski definition) is 6. The van der Waals surface area contributed by atoms with Gasteiger partial charge in [-0.05, 0) is 29.3 Å². The van der Waals surface area contributed by atoms with Crippen LogP contribution in [0.1, 0.15) is 29.5 Å². The van der Waals surface area contributed by atoms with Crippen LogP contribution in [-0.2, 0) is 16.1 Å². The molecule has 9 heteroatoms. The SMILES string of the molecule is CC(=O)N1CCN(Cc2ccc(N=C(c3ccccc3)C3C(=O)Nc4ccc([N+](=O)[O-])cc43)cc2)CC1. The maximum atomic E-state index is 13.1. The molecule has 3 aromatic carbocycles. The minimum absolute atomic E-state index is 0.0684. The van der Waals surface area contributed by atoms with Crippen LogP contribution >= 0.6 is 0 Å². The van der Waals surface area contributed by atoms with Gasteiger partial charge in [-0.3, -0.25) is 29.6 Å². The number of piperazine rings is 1. The van der Waals surface area contributed by atoms with Crippen LogP contribution in [0, 0.1) is 10.1 Å². The van der Waals surface area contributed by atoms with Gasteiger partial charge in [-0.1, -0.05) is 42.5 Å². The zero-order chi connectivity index (χ0) is 25.9. The summed E-state index contributed by atoms with van der Waals surface area (Å²) >= 11 is 0. The van der Waals surface area contributed by atoms with Gasteiger partial charge in [0.25, 0.3) is 5.69 Å². The molecule has 0 aromatic heterocycles. The molecule has 0 bridgehead atoms. The number of carbonyl (C=O) groups is 2. The number of aliphatic imine (C=N–C) groups is 1. The average Bonchev–Trinajstić information content (AvgIpc) is 3.23. The molecule has 1 saturated heterocycles. The third-order valence-electron chi connectivity index (χ3n) is 6.83. The zero-order valence-corrected chi connectivity index (χ0v) is 20.5. The monoisotopic (exact) mass is 497 g/mol. The highest BCUT2D eigenvalue weighted by Gasteiger charge is 2.36. The second-order valence-corrected chi connectivity index (χ2v) is 9.26. The van der Waals surface area contributed by atoms with Crippen molar-refractivity contribution in [1.82, 2.24) is 9.80 Å². The number of non-ortho nitro benzene ring substituents is 1. The molecule has 0 radical (unpaired) electrons. The fourth-order valence-electron chi connectivity index (χ4n) is 4.83. The van der Waals surface area contributed by atoms with Crippen LogP contribution in [0.15, 0.2) is 77.8 Å². The highest BCUT2D eigenvalue weighted by atomic mass is 16.6. The molecule has 1 fully saturated rings. The van der Waals surface area contributed by atoms with Crippen molar-refractivity contribution in [3.8, 4) is 0 Å². The molecule has 37 heavy (non-hydrogen) atoms. The summed E-state index contributed by atoms with van der Waals surface area (Å²) in [7, 11) is 0. The average molecular weight is 498 g/mol. The van der Waals surface area contributed by atoms with E-state index in [4.69, 9.17) is 4.99 Å². The summed E-state index contributed by atoms with van der Waals surface area (Å²) in [5, 5.41) is 14.2. The third kappa shape index (κ3) is 5.26. The Morgan fingerprint density at radius 3 is 2.38 bits per heavy atom.